The molecule has 0 aromatic heterocycles. The first-order valence-corrected chi connectivity index (χ1v) is 4.14. The second kappa shape index (κ2) is 3.33. The highest BCUT2D eigenvalue weighted by atomic mass is 79.9. The van der Waals surface area contributed by atoms with E-state index in [9.17, 15) is 0 Å². The van der Waals surface area contributed by atoms with Gasteiger partial charge in [0.25, 0.3) is 0 Å². The van der Waals surface area contributed by atoms with Gasteiger partial charge >= 0.3 is 0 Å². The average Bonchev–Trinajstić information content (AvgIpc) is 1.87. The van der Waals surface area contributed by atoms with Crippen molar-refractivity contribution < 1.29 is 9.47 Å². The van der Waals surface area contributed by atoms with Gasteiger partial charge in [-0.1, -0.05) is 15.9 Å². The number of ether oxygens (including phenoxy) is 2. The Bertz CT molecular complexity index is 150. The summed E-state index contributed by atoms with van der Waals surface area (Å²) >= 11 is 3.21. The Kier molecular flexibility index (Phi) is 2.66. The molecule has 0 radical (unpaired) electrons. The molecule has 0 amide bonds. The molecule has 0 unspecified atom stereocenters. The van der Waals surface area contributed by atoms with Crippen molar-refractivity contribution in [2.75, 3.05) is 25.2 Å². The number of rotatable bonds is 3. The van der Waals surface area contributed by atoms with Crippen LogP contribution in [-0.2, 0) is 9.47 Å². The highest BCUT2D eigenvalue weighted by Crippen LogP contribution is 2.20. The molecule has 0 N–H and O–H groups in total. The van der Waals surface area contributed by atoms with E-state index in [0.717, 1.165) is 5.33 Å². The van der Waals surface area contributed by atoms with Crippen molar-refractivity contribution in [2.45, 2.75) is 5.60 Å². The number of nitriles is 1. The number of halogens is 1. The van der Waals surface area contributed by atoms with Gasteiger partial charge in [0.15, 0.2) is 5.60 Å². The molecular weight excluding hydrogens is 198 g/mol. The number of nitrogens with zero attached hydrogens (tertiary/aromatic N) is 1. The maximum atomic E-state index is 8.59. The lowest BCUT2D eigenvalue weighted by Gasteiger charge is -2.34. The van der Waals surface area contributed by atoms with Crippen LogP contribution in [0.2, 0.25) is 0 Å². The van der Waals surface area contributed by atoms with E-state index in [0.29, 0.717) is 19.8 Å². The van der Waals surface area contributed by atoms with Crippen LogP contribution in [0.4, 0.5) is 0 Å². The monoisotopic (exact) mass is 205 g/mol. The average molecular weight is 206 g/mol. The summed E-state index contributed by atoms with van der Waals surface area (Å²) in [5.74, 6) is 0. The van der Waals surface area contributed by atoms with E-state index in [4.69, 9.17) is 14.7 Å². The van der Waals surface area contributed by atoms with Crippen LogP contribution in [0.5, 0.6) is 0 Å². The van der Waals surface area contributed by atoms with Gasteiger partial charge in [0, 0.05) is 5.33 Å². The summed E-state index contributed by atoms with van der Waals surface area (Å²) in [4.78, 5) is 0. The molecule has 0 aromatic rings. The normalized spacial score (nSPS) is 21.2. The van der Waals surface area contributed by atoms with Gasteiger partial charge in [-0.2, -0.15) is 5.26 Å². The van der Waals surface area contributed by atoms with E-state index in [1.807, 2.05) is 0 Å². The first-order chi connectivity index (χ1) is 4.83. The zero-order chi connectivity index (χ0) is 7.45. The number of hydrogen-bond donors (Lipinski definition) is 0. The van der Waals surface area contributed by atoms with Crippen LogP contribution in [0.3, 0.4) is 0 Å². The highest BCUT2D eigenvalue weighted by Gasteiger charge is 2.39. The topological polar surface area (TPSA) is 42.2 Å². The summed E-state index contributed by atoms with van der Waals surface area (Å²) in [6.45, 7) is 1.39. The predicted octanol–water partition coefficient (Wildman–Crippen LogP) is 0.690. The summed E-state index contributed by atoms with van der Waals surface area (Å²) in [5, 5.41) is 9.35. The molecule has 4 heteroatoms. The summed E-state index contributed by atoms with van der Waals surface area (Å²) < 4.78 is 10.1. The standard InChI is InChI=1S/C6H8BrNO2/c7-1-2-10-6(3-8)4-9-5-6/h1-2,4-5H2. The Morgan fingerprint density at radius 3 is 2.70 bits per heavy atom. The van der Waals surface area contributed by atoms with E-state index >= 15 is 0 Å². The molecule has 0 saturated carbocycles. The lowest BCUT2D eigenvalue weighted by atomic mass is 10.1. The lowest BCUT2D eigenvalue weighted by molar-refractivity contribution is -0.172. The van der Waals surface area contributed by atoms with Gasteiger partial charge in [-0.3, -0.25) is 0 Å². The molecule has 0 atom stereocenters. The van der Waals surface area contributed by atoms with Gasteiger partial charge in [0.1, 0.15) is 6.07 Å². The van der Waals surface area contributed by atoms with Gasteiger partial charge < -0.3 is 9.47 Å². The lowest BCUT2D eigenvalue weighted by Crippen LogP contribution is -2.50. The van der Waals surface area contributed by atoms with Gasteiger partial charge in [-0.25, -0.2) is 0 Å². The van der Waals surface area contributed by atoms with Crippen LogP contribution in [0.15, 0.2) is 0 Å². The molecular formula is C6H8BrNO2. The van der Waals surface area contributed by atoms with Crippen molar-refractivity contribution in [1.29, 1.82) is 5.26 Å². The molecule has 3 nitrogen and oxygen atoms in total. The Hall–Kier alpha value is -0.110. The van der Waals surface area contributed by atoms with Crippen LogP contribution >= 0.6 is 15.9 Å². The molecule has 1 fully saturated rings. The van der Waals surface area contributed by atoms with E-state index < -0.39 is 5.60 Å². The van der Waals surface area contributed by atoms with E-state index in [-0.39, 0.29) is 0 Å². The van der Waals surface area contributed by atoms with Crippen LogP contribution in [0.1, 0.15) is 0 Å². The molecule has 10 heavy (non-hydrogen) atoms. The fourth-order valence-corrected chi connectivity index (χ4v) is 0.863. The Morgan fingerprint density at radius 1 is 1.70 bits per heavy atom. The van der Waals surface area contributed by atoms with Crippen molar-refractivity contribution >= 4 is 15.9 Å². The third-order valence-corrected chi connectivity index (χ3v) is 1.65. The highest BCUT2D eigenvalue weighted by molar-refractivity contribution is 9.09. The molecule has 0 aliphatic carbocycles. The maximum absolute atomic E-state index is 8.59. The fraction of sp³-hybridized carbons (Fsp3) is 0.833. The largest absolute Gasteiger partial charge is 0.373 e. The molecule has 0 bridgehead atoms. The van der Waals surface area contributed by atoms with E-state index in [2.05, 4.69) is 22.0 Å². The smallest absolute Gasteiger partial charge is 0.200 e. The molecule has 1 aliphatic heterocycles. The zero-order valence-corrected chi connectivity index (χ0v) is 7.06. The fourth-order valence-electron chi connectivity index (χ4n) is 0.702. The molecule has 56 valence electrons. The second-order valence-corrected chi connectivity index (χ2v) is 2.93. The summed E-state index contributed by atoms with van der Waals surface area (Å²) in [6.07, 6.45) is 0. The van der Waals surface area contributed by atoms with E-state index in [1.54, 1.807) is 0 Å². The minimum Gasteiger partial charge on any atom is -0.373 e. The van der Waals surface area contributed by atoms with Crippen LogP contribution in [0.25, 0.3) is 0 Å². The Labute approximate surface area is 68.0 Å². The summed E-state index contributed by atoms with van der Waals surface area (Å²) in [6, 6.07) is 2.08. The van der Waals surface area contributed by atoms with Crippen LogP contribution in [0, 0.1) is 11.3 Å². The molecule has 0 aromatic carbocycles. The predicted molar refractivity (Wildman–Crippen MR) is 38.9 cm³/mol. The van der Waals surface area contributed by atoms with Gasteiger partial charge in [-0.15, -0.1) is 0 Å². The van der Waals surface area contributed by atoms with Crippen molar-refractivity contribution in [3.63, 3.8) is 0 Å². The number of hydrogen-bond acceptors (Lipinski definition) is 3. The van der Waals surface area contributed by atoms with Crippen LogP contribution in [-0.4, -0.2) is 30.8 Å². The molecule has 1 saturated heterocycles. The summed E-state index contributed by atoms with van der Waals surface area (Å²) in [5.41, 5.74) is -0.631. The van der Waals surface area contributed by atoms with Gasteiger partial charge in [-0.05, 0) is 0 Å². The quantitative estimate of drug-likeness (QED) is 0.638. The Balaban J connectivity index is 2.29. The molecule has 0 spiro atoms. The first-order valence-electron chi connectivity index (χ1n) is 3.02. The molecule has 1 rings (SSSR count). The van der Waals surface area contributed by atoms with Gasteiger partial charge in [0.2, 0.25) is 0 Å². The first kappa shape index (κ1) is 7.99. The van der Waals surface area contributed by atoms with Crippen molar-refractivity contribution in [3.05, 3.63) is 0 Å². The van der Waals surface area contributed by atoms with Crippen LogP contribution < -0.4 is 0 Å². The van der Waals surface area contributed by atoms with Crippen molar-refractivity contribution in [1.82, 2.24) is 0 Å². The third-order valence-electron chi connectivity index (χ3n) is 1.33. The van der Waals surface area contributed by atoms with E-state index in [1.165, 1.54) is 0 Å². The number of alkyl halides is 1. The second-order valence-electron chi connectivity index (χ2n) is 2.14. The third kappa shape index (κ3) is 1.48. The van der Waals surface area contributed by atoms with Crippen molar-refractivity contribution in [2.24, 2.45) is 0 Å². The Morgan fingerprint density at radius 2 is 2.40 bits per heavy atom. The summed E-state index contributed by atoms with van der Waals surface area (Å²) in [7, 11) is 0. The zero-order valence-electron chi connectivity index (χ0n) is 5.47. The minimum atomic E-state index is -0.631. The van der Waals surface area contributed by atoms with Gasteiger partial charge in [0.05, 0.1) is 19.8 Å². The van der Waals surface area contributed by atoms with Crippen molar-refractivity contribution in [3.8, 4) is 6.07 Å². The SMILES string of the molecule is N#CC1(OCCBr)COC1. The maximum Gasteiger partial charge on any atom is 0.200 e. The molecule has 1 heterocycles. The molecule has 1 aliphatic rings. The minimum absolute atomic E-state index is 0.413.